The van der Waals surface area contributed by atoms with Gasteiger partial charge in [0.05, 0.1) is 6.54 Å². The first-order valence-corrected chi connectivity index (χ1v) is 5.96. The summed E-state index contributed by atoms with van der Waals surface area (Å²) in [5.74, 6) is -1.12. The van der Waals surface area contributed by atoms with E-state index in [9.17, 15) is 9.59 Å². The fourth-order valence-corrected chi connectivity index (χ4v) is 1.56. The molecule has 0 spiro atoms. The van der Waals surface area contributed by atoms with Gasteiger partial charge in [-0.15, -0.1) is 0 Å². The van der Waals surface area contributed by atoms with E-state index in [1.54, 1.807) is 12.1 Å². The lowest BCUT2D eigenvalue weighted by atomic mass is 10.0. The number of nitrogens with one attached hydrogen (secondary N) is 2. The number of anilines is 1. The number of rotatable bonds is 5. The topological polar surface area (TPSA) is 98.7 Å². The molecule has 0 saturated carbocycles. The summed E-state index contributed by atoms with van der Waals surface area (Å²) in [5.41, 5.74) is 1.65. The molecule has 1 rings (SSSR count). The Hall–Kier alpha value is -2.08. The lowest BCUT2D eigenvalue weighted by molar-refractivity contribution is -0.146. The van der Waals surface area contributed by atoms with Crippen molar-refractivity contribution in [2.45, 2.75) is 25.9 Å². The van der Waals surface area contributed by atoms with Gasteiger partial charge in [-0.25, -0.2) is 9.59 Å². The molecule has 6 heteroatoms. The van der Waals surface area contributed by atoms with Gasteiger partial charge in [0.1, 0.15) is 0 Å². The highest BCUT2D eigenvalue weighted by Gasteiger charge is 2.14. The number of carboxylic acid groups (broad SMARTS) is 1. The van der Waals surface area contributed by atoms with Gasteiger partial charge in [0, 0.05) is 5.69 Å². The van der Waals surface area contributed by atoms with Gasteiger partial charge in [-0.3, -0.25) is 0 Å². The smallest absolute Gasteiger partial charge is 0.334 e. The van der Waals surface area contributed by atoms with Crippen LogP contribution in [0.1, 0.15) is 25.3 Å². The Morgan fingerprint density at radius 2 is 1.89 bits per heavy atom. The summed E-state index contributed by atoms with van der Waals surface area (Å²) in [6.07, 6.45) is -1.61. The molecule has 0 heterocycles. The lowest BCUT2D eigenvalue weighted by Gasteiger charge is -2.14. The Morgan fingerprint density at radius 3 is 2.47 bits per heavy atom. The number of hydrogen-bond donors (Lipinski definition) is 4. The van der Waals surface area contributed by atoms with E-state index in [0.29, 0.717) is 5.69 Å². The number of para-hydroxylation sites is 1. The van der Waals surface area contributed by atoms with Crippen LogP contribution in [0.4, 0.5) is 10.5 Å². The summed E-state index contributed by atoms with van der Waals surface area (Å²) in [7, 11) is 0. The van der Waals surface area contributed by atoms with Gasteiger partial charge in [-0.2, -0.15) is 0 Å². The Kier molecular flexibility index (Phi) is 5.32. The van der Waals surface area contributed by atoms with Crippen LogP contribution in [0.25, 0.3) is 0 Å². The second-order valence-electron chi connectivity index (χ2n) is 4.43. The molecule has 0 aliphatic carbocycles. The molecular weight excluding hydrogens is 248 g/mol. The molecular formula is C13H18N2O4. The van der Waals surface area contributed by atoms with Crippen LogP contribution in [0.15, 0.2) is 24.3 Å². The molecule has 1 unspecified atom stereocenters. The molecule has 1 aromatic carbocycles. The van der Waals surface area contributed by atoms with Crippen LogP contribution in [0.3, 0.4) is 0 Å². The molecule has 1 atom stereocenters. The number of aliphatic carboxylic acids is 1. The predicted molar refractivity (Wildman–Crippen MR) is 71.2 cm³/mol. The van der Waals surface area contributed by atoms with Gasteiger partial charge >= 0.3 is 12.0 Å². The Bertz CT molecular complexity index is 460. The van der Waals surface area contributed by atoms with Crippen molar-refractivity contribution in [2.75, 3.05) is 11.9 Å². The molecule has 0 radical (unpaired) electrons. The minimum atomic E-state index is -1.61. The molecule has 19 heavy (non-hydrogen) atoms. The summed E-state index contributed by atoms with van der Waals surface area (Å²) in [5, 5.41) is 22.5. The van der Waals surface area contributed by atoms with Crippen molar-refractivity contribution in [1.82, 2.24) is 5.32 Å². The van der Waals surface area contributed by atoms with Gasteiger partial charge in [0.15, 0.2) is 6.10 Å². The number of aliphatic hydroxyl groups excluding tert-OH is 1. The van der Waals surface area contributed by atoms with Crippen molar-refractivity contribution in [1.29, 1.82) is 0 Å². The third-order valence-corrected chi connectivity index (χ3v) is 2.57. The van der Waals surface area contributed by atoms with Crippen LogP contribution in [0, 0.1) is 0 Å². The maximum Gasteiger partial charge on any atom is 0.334 e. The van der Waals surface area contributed by atoms with Crippen LogP contribution >= 0.6 is 0 Å². The zero-order valence-electron chi connectivity index (χ0n) is 10.9. The molecule has 0 fully saturated rings. The highest BCUT2D eigenvalue weighted by Crippen LogP contribution is 2.23. The fourth-order valence-electron chi connectivity index (χ4n) is 1.56. The molecule has 0 aliphatic heterocycles. The van der Waals surface area contributed by atoms with E-state index >= 15 is 0 Å². The number of carboxylic acids is 1. The average molecular weight is 266 g/mol. The van der Waals surface area contributed by atoms with Crippen LogP contribution in [0.5, 0.6) is 0 Å². The standard InChI is InChI=1S/C13H18N2O4/c1-8(2)9-5-3-4-6-10(9)15-13(19)14-7-11(16)12(17)18/h3-6,8,11,16H,7H2,1-2H3,(H,17,18)(H2,14,15,19). The summed E-state index contributed by atoms with van der Waals surface area (Å²) in [6.45, 7) is 3.67. The molecule has 1 aromatic rings. The van der Waals surface area contributed by atoms with Gasteiger partial charge in [-0.1, -0.05) is 32.0 Å². The van der Waals surface area contributed by atoms with Crippen LogP contribution in [0.2, 0.25) is 0 Å². The van der Waals surface area contributed by atoms with E-state index in [1.807, 2.05) is 26.0 Å². The Labute approximate surface area is 111 Å². The SMILES string of the molecule is CC(C)c1ccccc1NC(=O)NCC(O)C(=O)O. The Balaban J connectivity index is 2.60. The van der Waals surface area contributed by atoms with Crippen molar-refractivity contribution < 1.29 is 19.8 Å². The number of benzene rings is 1. The van der Waals surface area contributed by atoms with Crippen molar-refractivity contribution in [3.05, 3.63) is 29.8 Å². The van der Waals surface area contributed by atoms with Crippen LogP contribution < -0.4 is 10.6 Å². The molecule has 0 saturated heterocycles. The molecule has 104 valence electrons. The van der Waals surface area contributed by atoms with Crippen LogP contribution in [-0.4, -0.2) is 34.9 Å². The highest BCUT2D eigenvalue weighted by atomic mass is 16.4. The zero-order valence-corrected chi connectivity index (χ0v) is 10.9. The minimum absolute atomic E-state index is 0.251. The van der Waals surface area contributed by atoms with E-state index in [1.165, 1.54) is 0 Å². The molecule has 2 amide bonds. The van der Waals surface area contributed by atoms with Crippen molar-refractivity contribution >= 4 is 17.7 Å². The van der Waals surface area contributed by atoms with Gasteiger partial charge in [-0.05, 0) is 17.5 Å². The van der Waals surface area contributed by atoms with Gasteiger partial charge in [0.25, 0.3) is 0 Å². The maximum absolute atomic E-state index is 11.6. The summed E-state index contributed by atoms with van der Waals surface area (Å²) in [4.78, 5) is 22.0. The molecule has 4 N–H and O–H groups in total. The third kappa shape index (κ3) is 4.59. The van der Waals surface area contributed by atoms with Crippen LogP contribution in [-0.2, 0) is 4.79 Å². The number of amides is 2. The van der Waals surface area contributed by atoms with Crippen molar-refractivity contribution in [3.63, 3.8) is 0 Å². The first-order chi connectivity index (χ1) is 8.91. The molecule has 0 bridgehead atoms. The minimum Gasteiger partial charge on any atom is -0.479 e. The van der Waals surface area contributed by atoms with Gasteiger partial charge < -0.3 is 20.8 Å². The first-order valence-electron chi connectivity index (χ1n) is 5.96. The number of urea groups is 1. The zero-order chi connectivity index (χ0) is 14.4. The maximum atomic E-state index is 11.6. The number of carbonyl (C=O) groups is 2. The second kappa shape index (κ2) is 6.75. The largest absolute Gasteiger partial charge is 0.479 e. The normalized spacial score (nSPS) is 12.0. The summed E-state index contributed by atoms with van der Waals surface area (Å²) < 4.78 is 0. The van der Waals surface area contributed by atoms with Gasteiger partial charge in [0.2, 0.25) is 0 Å². The Morgan fingerprint density at radius 1 is 1.26 bits per heavy atom. The monoisotopic (exact) mass is 266 g/mol. The van der Waals surface area contributed by atoms with Crippen molar-refractivity contribution in [3.8, 4) is 0 Å². The third-order valence-electron chi connectivity index (χ3n) is 2.57. The fraction of sp³-hybridized carbons (Fsp3) is 0.385. The second-order valence-corrected chi connectivity index (χ2v) is 4.43. The number of hydrogen-bond acceptors (Lipinski definition) is 3. The molecule has 0 aliphatic rings. The van der Waals surface area contributed by atoms with E-state index in [4.69, 9.17) is 10.2 Å². The first kappa shape index (κ1) is 15.0. The quantitative estimate of drug-likeness (QED) is 0.647. The predicted octanol–water partition coefficient (Wildman–Crippen LogP) is 1.38. The average Bonchev–Trinajstić information content (AvgIpc) is 2.36. The molecule has 6 nitrogen and oxygen atoms in total. The van der Waals surface area contributed by atoms with E-state index in [0.717, 1.165) is 5.56 Å². The highest BCUT2D eigenvalue weighted by molar-refractivity contribution is 5.90. The van der Waals surface area contributed by atoms with Crippen molar-refractivity contribution in [2.24, 2.45) is 0 Å². The number of carbonyl (C=O) groups excluding carboxylic acids is 1. The van der Waals surface area contributed by atoms with E-state index in [2.05, 4.69) is 10.6 Å². The summed E-state index contributed by atoms with van der Waals surface area (Å²) >= 11 is 0. The van der Waals surface area contributed by atoms with E-state index < -0.39 is 18.1 Å². The molecule has 0 aromatic heterocycles. The lowest BCUT2D eigenvalue weighted by Crippen LogP contribution is -2.38. The van der Waals surface area contributed by atoms with E-state index in [-0.39, 0.29) is 12.5 Å². The summed E-state index contributed by atoms with van der Waals surface area (Å²) in [6, 6.07) is 6.81. The number of aliphatic hydroxyl groups is 1.